The van der Waals surface area contributed by atoms with Gasteiger partial charge in [-0.3, -0.25) is 9.47 Å². The predicted molar refractivity (Wildman–Crippen MR) is 134 cm³/mol. The summed E-state index contributed by atoms with van der Waals surface area (Å²) in [5.41, 5.74) is 13.7. The van der Waals surface area contributed by atoms with Gasteiger partial charge >= 0.3 is 0 Å². The summed E-state index contributed by atoms with van der Waals surface area (Å²) in [6, 6.07) is 7.85. The van der Waals surface area contributed by atoms with E-state index in [9.17, 15) is 10.2 Å². The van der Waals surface area contributed by atoms with Crippen molar-refractivity contribution in [2.24, 2.45) is 5.73 Å². The van der Waals surface area contributed by atoms with Gasteiger partial charge in [-0.15, -0.1) is 0 Å². The molecule has 0 bridgehead atoms. The lowest BCUT2D eigenvalue weighted by Gasteiger charge is -2.26. The third kappa shape index (κ3) is 6.25. The number of nitrogens with zero attached hydrogens (tertiary/aromatic N) is 5. The average molecular weight is 505 g/mol. The van der Waals surface area contributed by atoms with Crippen molar-refractivity contribution in [2.45, 2.75) is 37.4 Å². The van der Waals surface area contributed by atoms with Crippen molar-refractivity contribution in [1.82, 2.24) is 29.7 Å². The first-order chi connectivity index (χ1) is 17.0. The molecule has 0 saturated carbocycles. The van der Waals surface area contributed by atoms with Crippen molar-refractivity contribution in [3.05, 3.63) is 47.5 Å². The van der Waals surface area contributed by atoms with Crippen LogP contribution < -0.4 is 16.8 Å². The number of aliphatic hydroxyl groups is 2. The van der Waals surface area contributed by atoms with Crippen molar-refractivity contribution >= 4 is 28.6 Å². The number of aromatic nitrogens is 4. The van der Waals surface area contributed by atoms with Gasteiger partial charge in [-0.2, -0.15) is 0 Å². The first-order valence-corrected chi connectivity index (χ1v) is 12.2. The van der Waals surface area contributed by atoms with E-state index in [1.54, 1.807) is 4.57 Å². The minimum atomic E-state index is -1.14. The van der Waals surface area contributed by atoms with Gasteiger partial charge in [0.2, 0.25) is 0 Å². The summed E-state index contributed by atoms with van der Waals surface area (Å²) in [5.74, 6) is 0.245. The average Bonchev–Trinajstić information content (AvgIpc) is 3.40. The highest BCUT2D eigenvalue weighted by molar-refractivity contribution is 6.30. The Bertz CT molecular complexity index is 1080. The number of nitrogens with two attached hydrogens (primary N) is 2. The van der Waals surface area contributed by atoms with E-state index in [4.69, 9.17) is 27.8 Å². The summed E-state index contributed by atoms with van der Waals surface area (Å²) in [4.78, 5) is 14.6. The molecule has 3 heterocycles. The third-order valence-corrected chi connectivity index (χ3v) is 6.48. The molecule has 3 aromatic rings. The van der Waals surface area contributed by atoms with Crippen LogP contribution in [-0.2, 0) is 11.2 Å². The van der Waals surface area contributed by atoms with Gasteiger partial charge in [0, 0.05) is 24.7 Å². The second-order valence-electron chi connectivity index (χ2n) is 8.70. The molecular weight excluding hydrogens is 472 g/mol. The second-order valence-corrected chi connectivity index (χ2v) is 9.13. The highest BCUT2D eigenvalue weighted by Gasteiger charge is 2.44. The smallest absolute Gasteiger partial charge is 0.167 e. The van der Waals surface area contributed by atoms with E-state index >= 15 is 0 Å². The van der Waals surface area contributed by atoms with E-state index in [0.29, 0.717) is 24.3 Å². The van der Waals surface area contributed by atoms with Crippen LogP contribution in [0, 0.1) is 0 Å². The lowest BCUT2D eigenvalue weighted by Crippen LogP contribution is -2.43. The van der Waals surface area contributed by atoms with Crippen molar-refractivity contribution in [3.63, 3.8) is 0 Å². The minimum Gasteiger partial charge on any atom is -0.387 e. The third-order valence-electron chi connectivity index (χ3n) is 6.22. The summed E-state index contributed by atoms with van der Waals surface area (Å²) in [5, 5.41) is 25.7. The summed E-state index contributed by atoms with van der Waals surface area (Å²) in [6.45, 7) is 4.16. The molecule has 4 rings (SSSR count). The Balaban J connectivity index is 1.32. The van der Waals surface area contributed by atoms with Crippen LogP contribution in [-0.4, -0.2) is 92.2 Å². The van der Waals surface area contributed by atoms with Gasteiger partial charge in [0.05, 0.1) is 6.33 Å². The van der Waals surface area contributed by atoms with Crippen molar-refractivity contribution < 1.29 is 14.9 Å². The molecule has 0 amide bonds. The monoisotopic (exact) mass is 504 g/mol. The quantitative estimate of drug-likeness (QED) is 0.215. The van der Waals surface area contributed by atoms with Gasteiger partial charge in [0.25, 0.3) is 0 Å². The maximum Gasteiger partial charge on any atom is 0.167 e. The molecule has 1 aromatic carbocycles. The molecule has 0 aliphatic carbocycles. The maximum absolute atomic E-state index is 10.7. The number of anilines is 1. The zero-order chi connectivity index (χ0) is 24.8. The van der Waals surface area contributed by atoms with Gasteiger partial charge in [0.15, 0.2) is 17.7 Å². The largest absolute Gasteiger partial charge is 0.387 e. The van der Waals surface area contributed by atoms with Crippen LogP contribution in [0.2, 0.25) is 5.02 Å². The summed E-state index contributed by atoms with van der Waals surface area (Å²) in [7, 11) is 0. The number of ether oxygens (including phenoxy) is 1. The highest BCUT2D eigenvalue weighted by Crippen LogP contribution is 2.32. The molecule has 11 nitrogen and oxygen atoms in total. The summed E-state index contributed by atoms with van der Waals surface area (Å²) >= 11 is 5.94. The Morgan fingerprint density at radius 1 is 1.09 bits per heavy atom. The van der Waals surface area contributed by atoms with Gasteiger partial charge in [-0.1, -0.05) is 23.7 Å². The maximum atomic E-state index is 10.7. The van der Waals surface area contributed by atoms with Crippen LogP contribution in [0.15, 0.2) is 36.9 Å². The molecule has 0 spiro atoms. The van der Waals surface area contributed by atoms with Crippen molar-refractivity contribution in [1.29, 1.82) is 0 Å². The second kappa shape index (κ2) is 12.0. The molecule has 4 atom stereocenters. The SMILES string of the molecule is NCCCN(CCNCCc1ccc(Cl)cc1)C[C@H]1O[C@@H](n2cnc3c(N)ncnc32)[C@H](O)C1O. The molecule has 1 unspecified atom stereocenters. The first-order valence-electron chi connectivity index (χ1n) is 11.8. The van der Waals surface area contributed by atoms with E-state index in [1.165, 1.54) is 18.2 Å². The molecule has 0 radical (unpaired) electrons. The van der Waals surface area contributed by atoms with Crippen LogP contribution in [0.5, 0.6) is 0 Å². The van der Waals surface area contributed by atoms with Crippen molar-refractivity contribution in [2.75, 3.05) is 45.0 Å². The number of hydrogen-bond donors (Lipinski definition) is 5. The zero-order valence-electron chi connectivity index (χ0n) is 19.5. The lowest BCUT2D eigenvalue weighted by atomic mass is 10.1. The molecule has 190 valence electrons. The Morgan fingerprint density at radius 3 is 2.66 bits per heavy atom. The van der Waals surface area contributed by atoms with E-state index in [0.717, 1.165) is 44.0 Å². The van der Waals surface area contributed by atoms with E-state index in [1.807, 2.05) is 24.3 Å². The normalized spacial score (nSPS) is 22.4. The zero-order valence-corrected chi connectivity index (χ0v) is 20.3. The standard InChI is InChI=1S/C23H33ClN8O3/c24-16-4-2-15(3-5-16)6-8-27-9-11-31(10-1-7-25)12-17-19(33)20(34)23(35-17)32-14-30-18-21(26)28-13-29-22(18)32/h2-5,13-14,17,19-20,23,27,33-34H,1,6-12,25H2,(H2,26,28,29)/t17-,19?,20-,23-/m1/s1. The number of nitrogens with one attached hydrogen (secondary N) is 1. The number of benzene rings is 1. The van der Waals surface area contributed by atoms with Gasteiger partial charge in [0.1, 0.15) is 30.2 Å². The fourth-order valence-electron chi connectivity index (χ4n) is 4.28. The number of rotatable bonds is 12. The summed E-state index contributed by atoms with van der Waals surface area (Å²) in [6.07, 6.45) is 0.946. The Labute approximate surface area is 209 Å². The fraction of sp³-hybridized carbons (Fsp3) is 0.522. The number of halogens is 1. The van der Waals surface area contributed by atoms with E-state index in [-0.39, 0.29) is 5.82 Å². The van der Waals surface area contributed by atoms with Gasteiger partial charge in [-0.25, -0.2) is 15.0 Å². The Morgan fingerprint density at radius 2 is 1.89 bits per heavy atom. The lowest BCUT2D eigenvalue weighted by molar-refractivity contribution is -0.0440. The van der Waals surface area contributed by atoms with Gasteiger partial charge < -0.3 is 31.7 Å². The number of aliphatic hydroxyl groups excluding tert-OH is 2. The van der Waals surface area contributed by atoms with E-state index < -0.39 is 24.5 Å². The predicted octanol–water partition coefficient (Wildman–Crippen LogP) is 0.164. The van der Waals surface area contributed by atoms with Crippen LogP contribution in [0.3, 0.4) is 0 Å². The van der Waals surface area contributed by atoms with Crippen LogP contribution in [0.4, 0.5) is 5.82 Å². The molecule has 1 fully saturated rings. The van der Waals surface area contributed by atoms with Crippen LogP contribution in [0.1, 0.15) is 18.2 Å². The number of fused-ring (bicyclic) bond motifs is 1. The van der Waals surface area contributed by atoms with Crippen LogP contribution >= 0.6 is 11.6 Å². The molecule has 12 heteroatoms. The summed E-state index contributed by atoms with van der Waals surface area (Å²) < 4.78 is 7.69. The Kier molecular flexibility index (Phi) is 8.84. The number of imidazole rings is 1. The molecule has 1 saturated heterocycles. The molecule has 1 aliphatic rings. The van der Waals surface area contributed by atoms with Gasteiger partial charge in [-0.05, 0) is 50.2 Å². The fourth-order valence-corrected chi connectivity index (χ4v) is 4.40. The topological polar surface area (TPSA) is 161 Å². The highest BCUT2D eigenvalue weighted by atomic mass is 35.5. The molecule has 35 heavy (non-hydrogen) atoms. The minimum absolute atomic E-state index is 0.245. The molecular formula is C23H33ClN8O3. The number of hydrogen-bond acceptors (Lipinski definition) is 10. The van der Waals surface area contributed by atoms with Crippen LogP contribution in [0.25, 0.3) is 11.2 Å². The molecule has 2 aromatic heterocycles. The Hall–Kier alpha value is -2.38. The first kappa shape index (κ1) is 25.7. The van der Waals surface area contributed by atoms with E-state index in [2.05, 4.69) is 25.2 Å². The number of nitrogen functional groups attached to an aromatic ring is 1. The molecule has 7 N–H and O–H groups in total. The molecule has 1 aliphatic heterocycles. The van der Waals surface area contributed by atoms with Crippen molar-refractivity contribution in [3.8, 4) is 0 Å².